The quantitative estimate of drug-likeness (QED) is 0.383. The lowest BCUT2D eigenvalue weighted by Crippen LogP contribution is -2.13. The van der Waals surface area contributed by atoms with Crippen molar-refractivity contribution in [1.29, 1.82) is 0 Å². The van der Waals surface area contributed by atoms with Crippen LogP contribution in [0.4, 0.5) is 17.6 Å². The zero-order chi connectivity index (χ0) is 19.2. The predicted octanol–water partition coefficient (Wildman–Crippen LogP) is 5.50. The number of carbonyl (C=O) groups is 1. The fourth-order valence-corrected chi connectivity index (χ4v) is 2.02. The molecule has 7 heteroatoms. The van der Waals surface area contributed by atoms with E-state index in [1.54, 1.807) is 24.3 Å². The van der Waals surface area contributed by atoms with Gasteiger partial charge < -0.3 is 4.74 Å². The van der Waals surface area contributed by atoms with E-state index in [4.69, 9.17) is 4.74 Å². The molecule has 0 amide bonds. The van der Waals surface area contributed by atoms with Gasteiger partial charge in [-0.15, -0.1) is 13.2 Å². The monoisotopic (exact) mass is 368 g/mol. The Bertz CT molecular complexity index is 780. The summed E-state index contributed by atoms with van der Waals surface area (Å²) in [5.74, 6) is -1.77. The number of hydrogen-bond donors (Lipinski definition) is 0. The van der Waals surface area contributed by atoms with Gasteiger partial charge in [0.2, 0.25) is 0 Å². The first kappa shape index (κ1) is 19.7. The van der Waals surface area contributed by atoms with Gasteiger partial charge in [-0.2, -0.15) is 0 Å². The fourth-order valence-electron chi connectivity index (χ4n) is 2.02. The molecule has 138 valence electrons. The van der Waals surface area contributed by atoms with E-state index in [0.717, 1.165) is 24.1 Å². The van der Waals surface area contributed by atoms with Crippen LogP contribution in [0, 0.1) is 5.82 Å². The summed E-state index contributed by atoms with van der Waals surface area (Å²) in [5.41, 5.74) is 0.890. The second-order valence-electron chi connectivity index (χ2n) is 5.31. The molecule has 2 aromatic rings. The largest absolute Gasteiger partial charge is 0.522 e. The van der Waals surface area contributed by atoms with E-state index in [1.165, 1.54) is 6.07 Å². The summed E-state index contributed by atoms with van der Waals surface area (Å²) in [7, 11) is 0. The normalized spacial score (nSPS) is 11.7. The second kappa shape index (κ2) is 8.62. The third-order valence-corrected chi connectivity index (χ3v) is 3.32. The molecule has 0 fully saturated rings. The molecule has 0 unspecified atom stereocenters. The second-order valence-corrected chi connectivity index (χ2v) is 5.31. The molecule has 0 N–H and O–H groups in total. The van der Waals surface area contributed by atoms with Gasteiger partial charge in [0, 0.05) is 11.6 Å². The van der Waals surface area contributed by atoms with Crippen LogP contribution in [0.25, 0.3) is 6.08 Å². The summed E-state index contributed by atoms with van der Waals surface area (Å²) >= 11 is 0. The van der Waals surface area contributed by atoms with Crippen LogP contribution in [-0.4, -0.2) is 12.3 Å². The lowest BCUT2D eigenvalue weighted by atomic mass is 10.1. The Balaban J connectivity index is 2.02. The smallest absolute Gasteiger partial charge is 0.423 e. The van der Waals surface area contributed by atoms with Gasteiger partial charge in [0.15, 0.2) is 0 Å². The molecule has 0 aromatic heterocycles. The molecule has 2 aromatic carbocycles. The Hall–Kier alpha value is -2.67. The van der Waals surface area contributed by atoms with E-state index < -0.39 is 24.8 Å². The molecule has 0 spiro atoms. The van der Waals surface area contributed by atoms with Crippen LogP contribution in [0.3, 0.4) is 0 Å². The van der Waals surface area contributed by atoms with Crippen LogP contribution in [-0.2, 0) is 11.3 Å². The zero-order valence-electron chi connectivity index (χ0n) is 13.8. The summed E-state index contributed by atoms with van der Waals surface area (Å²) in [6.45, 7) is 1.04. The molecule has 0 aliphatic carbocycles. The van der Waals surface area contributed by atoms with Crippen molar-refractivity contribution in [3.8, 4) is 5.75 Å². The lowest BCUT2D eigenvalue weighted by Gasteiger charge is -2.09. The maximum atomic E-state index is 13.8. The zero-order valence-corrected chi connectivity index (χ0v) is 13.8. The Morgan fingerprint density at radius 3 is 2.38 bits per heavy atom. The first-order valence-electron chi connectivity index (χ1n) is 7.76. The highest BCUT2D eigenvalue weighted by atomic mass is 19.4. The van der Waals surface area contributed by atoms with Crippen LogP contribution in [0.2, 0.25) is 0 Å². The van der Waals surface area contributed by atoms with E-state index in [-0.39, 0.29) is 16.9 Å². The van der Waals surface area contributed by atoms with Crippen molar-refractivity contribution in [3.63, 3.8) is 0 Å². The minimum absolute atomic E-state index is 0.113. The molecule has 0 aliphatic heterocycles. The van der Waals surface area contributed by atoms with Gasteiger partial charge >= 0.3 is 12.3 Å². The first-order chi connectivity index (χ1) is 12.3. The summed E-state index contributed by atoms with van der Waals surface area (Å²) in [4.78, 5) is 12.1. The number of rotatable bonds is 6. The van der Waals surface area contributed by atoms with Crippen LogP contribution in [0.15, 0.2) is 48.5 Å². The number of alkyl halides is 3. The van der Waals surface area contributed by atoms with Gasteiger partial charge in [0.1, 0.15) is 11.6 Å². The van der Waals surface area contributed by atoms with Crippen molar-refractivity contribution in [2.24, 2.45) is 0 Å². The third-order valence-electron chi connectivity index (χ3n) is 3.32. The Morgan fingerprint density at radius 1 is 1.12 bits per heavy atom. The summed E-state index contributed by atoms with van der Waals surface area (Å²) in [6.07, 6.45) is -0.0815. The number of allylic oxidation sites excluding steroid dienone is 1. The highest BCUT2D eigenvalue weighted by Crippen LogP contribution is 2.23. The molecule has 26 heavy (non-hydrogen) atoms. The molecule has 0 saturated carbocycles. The van der Waals surface area contributed by atoms with Gasteiger partial charge in [-0.25, -0.2) is 9.18 Å². The number of carbonyl (C=O) groups excluding carboxylic acids is 1. The number of hydrogen-bond acceptors (Lipinski definition) is 3. The molecule has 3 nitrogen and oxygen atoms in total. The highest BCUT2D eigenvalue weighted by Gasteiger charge is 2.29. The first-order valence-corrected chi connectivity index (χ1v) is 7.76. The van der Waals surface area contributed by atoms with Gasteiger partial charge in [0.25, 0.3) is 0 Å². The molecule has 0 atom stereocenters. The van der Waals surface area contributed by atoms with Crippen molar-refractivity contribution in [2.75, 3.05) is 0 Å². The van der Waals surface area contributed by atoms with Crippen molar-refractivity contribution in [1.82, 2.24) is 0 Å². The predicted molar refractivity (Wildman–Crippen MR) is 88.0 cm³/mol. The van der Waals surface area contributed by atoms with Crippen molar-refractivity contribution in [2.45, 2.75) is 26.3 Å². The number of benzene rings is 2. The SMILES string of the molecule is CC/C=C/c1ccc(C(=O)Oc2ccc(COC(F)(F)F)c(F)c2)cc1. The molecule has 0 heterocycles. The molecular weight excluding hydrogens is 352 g/mol. The molecule has 0 bridgehead atoms. The molecule has 0 radical (unpaired) electrons. The van der Waals surface area contributed by atoms with E-state index in [0.29, 0.717) is 0 Å². The molecule has 0 saturated heterocycles. The van der Waals surface area contributed by atoms with Gasteiger partial charge in [-0.1, -0.05) is 37.3 Å². The summed E-state index contributed by atoms with van der Waals surface area (Å²) < 4.78 is 58.4. The van der Waals surface area contributed by atoms with Gasteiger partial charge in [0.05, 0.1) is 12.2 Å². The molecule has 2 rings (SSSR count). The summed E-state index contributed by atoms with van der Waals surface area (Å²) in [5, 5.41) is 0. The Labute approximate surface area is 147 Å². The number of esters is 1. The van der Waals surface area contributed by atoms with E-state index in [9.17, 15) is 22.4 Å². The molecular formula is C19H16F4O3. The standard InChI is InChI=1S/C19H16F4O3/c1-2-3-4-13-5-7-14(8-6-13)18(24)26-16-10-9-15(17(20)11-16)12-25-19(21,22)23/h3-11H,2,12H2,1H3/b4-3+. The molecule has 0 aliphatic rings. The van der Waals surface area contributed by atoms with Gasteiger partial charge in [-0.3, -0.25) is 4.74 Å². The summed E-state index contributed by atoms with van der Waals surface area (Å²) in [6, 6.07) is 9.73. The Kier molecular flexibility index (Phi) is 6.52. The maximum Gasteiger partial charge on any atom is 0.522 e. The van der Waals surface area contributed by atoms with E-state index >= 15 is 0 Å². The van der Waals surface area contributed by atoms with Crippen molar-refractivity contribution in [3.05, 3.63) is 71.0 Å². The Morgan fingerprint density at radius 2 is 1.81 bits per heavy atom. The van der Waals surface area contributed by atoms with E-state index in [2.05, 4.69) is 4.74 Å². The minimum Gasteiger partial charge on any atom is -0.423 e. The highest BCUT2D eigenvalue weighted by molar-refractivity contribution is 5.91. The van der Waals surface area contributed by atoms with Crippen molar-refractivity contribution >= 4 is 12.0 Å². The van der Waals surface area contributed by atoms with Crippen LogP contribution in [0.1, 0.15) is 34.8 Å². The van der Waals surface area contributed by atoms with Gasteiger partial charge in [-0.05, 0) is 30.2 Å². The average molecular weight is 368 g/mol. The third kappa shape index (κ3) is 6.00. The van der Waals surface area contributed by atoms with Crippen LogP contribution in [0.5, 0.6) is 5.75 Å². The maximum absolute atomic E-state index is 13.8. The lowest BCUT2D eigenvalue weighted by molar-refractivity contribution is -0.330. The van der Waals surface area contributed by atoms with Crippen LogP contribution < -0.4 is 4.74 Å². The number of ether oxygens (including phenoxy) is 2. The van der Waals surface area contributed by atoms with E-state index in [1.807, 2.05) is 19.1 Å². The van der Waals surface area contributed by atoms with Crippen LogP contribution >= 0.6 is 0 Å². The minimum atomic E-state index is -4.85. The topological polar surface area (TPSA) is 35.5 Å². The van der Waals surface area contributed by atoms with Crippen molar-refractivity contribution < 1.29 is 31.8 Å². The number of halogens is 4. The fraction of sp³-hybridized carbons (Fsp3) is 0.211. The average Bonchev–Trinajstić information content (AvgIpc) is 2.59.